The van der Waals surface area contributed by atoms with Crippen molar-refractivity contribution in [3.63, 3.8) is 0 Å². The van der Waals surface area contributed by atoms with Gasteiger partial charge in [0, 0.05) is 57.5 Å². The Morgan fingerprint density at radius 1 is 1.25 bits per heavy atom. The molecule has 32 heavy (non-hydrogen) atoms. The molecule has 0 amide bonds. The molecule has 0 aliphatic carbocycles. The van der Waals surface area contributed by atoms with Crippen LogP contribution in [-0.2, 0) is 16.0 Å². The van der Waals surface area contributed by atoms with Crippen molar-refractivity contribution < 1.29 is 14.2 Å². The van der Waals surface area contributed by atoms with Gasteiger partial charge in [-0.15, -0.1) is 0 Å². The lowest BCUT2D eigenvalue weighted by Gasteiger charge is -2.31. The zero-order chi connectivity index (χ0) is 22.2. The van der Waals surface area contributed by atoms with Crippen LogP contribution in [0.25, 0.3) is 0 Å². The van der Waals surface area contributed by atoms with E-state index in [2.05, 4.69) is 47.3 Å². The highest BCUT2D eigenvalue weighted by atomic mass is 16.5. The summed E-state index contributed by atoms with van der Waals surface area (Å²) in [6.07, 6.45) is 4.60. The van der Waals surface area contributed by atoms with Crippen LogP contribution in [0, 0.1) is 5.41 Å². The molecule has 3 fully saturated rings. The molecule has 1 aromatic rings. The molecule has 0 radical (unpaired) electrons. The van der Waals surface area contributed by atoms with Crippen LogP contribution in [0.15, 0.2) is 29.3 Å². The quantitative estimate of drug-likeness (QED) is 0.492. The molecule has 7 heteroatoms. The van der Waals surface area contributed by atoms with Crippen LogP contribution >= 0.6 is 0 Å². The first-order valence-electron chi connectivity index (χ1n) is 12.3. The maximum Gasteiger partial charge on any atom is 0.194 e. The van der Waals surface area contributed by atoms with Gasteiger partial charge in [-0.25, -0.2) is 4.99 Å². The molecule has 4 rings (SSSR count). The largest absolute Gasteiger partial charge is 0.492 e. The number of hydrogen-bond donors (Lipinski definition) is 1. The fraction of sp³-hybridized carbons (Fsp3) is 0.720. The average Bonchev–Trinajstić information content (AvgIpc) is 3.47. The van der Waals surface area contributed by atoms with Crippen molar-refractivity contribution in [2.24, 2.45) is 10.4 Å². The van der Waals surface area contributed by atoms with Gasteiger partial charge in [0.05, 0.1) is 13.2 Å². The van der Waals surface area contributed by atoms with Crippen LogP contribution < -0.4 is 10.1 Å². The molecule has 3 aliphatic rings. The third-order valence-electron chi connectivity index (χ3n) is 7.09. The predicted molar refractivity (Wildman–Crippen MR) is 127 cm³/mol. The number of ether oxygens (including phenoxy) is 3. The molecule has 3 saturated heterocycles. The summed E-state index contributed by atoms with van der Waals surface area (Å²) in [5.74, 6) is 1.94. The van der Waals surface area contributed by atoms with Crippen molar-refractivity contribution in [3.8, 4) is 5.75 Å². The van der Waals surface area contributed by atoms with Gasteiger partial charge >= 0.3 is 0 Å². The van der Waals surface area contributed by atoms with Crippen molar-refractivity contribution in [1.82, 2.24) is 15.1 Å². The SMILES string of the molecule is CCNC(=NCc1cccc(OCCN(C)C2CCOCC2)c1)N1CCC2(CCOC2)C1. The Balaban J connectivity index is 1.28. The van der Waals surface area contributed by atoms with Crippen LogP contribution in [0.4, 0.5) is 0 Å². The van der Waals surface area contributed by atoms with Crippen molar-refractivity contribution in [3.05, 3.63) is 29.8 Å². The second-order valence-electron chi connectivity index (χ2n) is 9.46. The van der Waals surface area contributed by atoms with Gasteiger partial charge in [0.2, 0.25) is 0 Å². The number of nitrogens with zero attached hydrogens (tertiary/aromatic N) is 3. The summed E-state index contributed by atoms with van der Waals surface area (Å²) in [5, 5.41) is 3.48. The minimum absolute atomic E-state index is 0.335. The van der Waals surface area contributed by atoms with E-state index >= 15 is 0 Å². The van der Waals surface area contributed by atoms with Crippen LogP contribution in [0.5, 0.6) is 5.75 Å². The van der Waals surface area contributed by atoms with Gasteiger partial charge in [-0.1, -0.05) is 12.1 Å². The molecule has 1 spiro atoms. The highest BCUT2D eigenvalue weighted by Gasteiger charge is 2.42. The third kappa shape index (κ3) is 6.15. The van der Waals surface area contributed by atoms with Crippen LogP contribution in [-0.4, -0.2) is 88.1 Å². The number of likely N-dealkylation sites (tertiary alicyclic amines) is 1. The molecule has 3 aliphatic heterocycles. The van der Waals surface area contributed by atoms with E-state index in [0.717, 1.165) is 77.2 Å². The predicted octanol–water partition coefficient (Wildman–Crippen LogP) is 2.75. The number of hydrogen-bond acceptors (Lipinski definition) is 5. The summed E-state index contributed by atoms with van der Waals surface area (Å²) >= 11 is 0. The van der Waals surface area contributed by atoms with Crippen LogP contribution in [0.3, 0.4) is 0 Å². The Bertz CT molecular complexity index is 744. The first-order chi connectivity index (χ1) is 15.7. The van der Waals surface area contributed by atoms with Crippen molar-refractivity contribution in [1.29, 1.82) is 0 Å². The Morgan fingerprint density at radius 2 is 2.12 bits per heavy atom. The molecule has 0 aromatic heterocycles. The van der Waals surface area contributed by atoms with E-state index in [-0.39, 0.29) is 0 Å². The van der Waals surface area contributed by atoms with Gasteiger partial charge in [-0.3, -0.25) is 4.90 Å². The normalized spacial score (nSPS) is 24.6. The van der Waals surface area contributed by atoms with Gasteiger partial charge in [0.25, 0.3) is 0 Å². The first kappa shape index (κ1) is 23.3. The standard InChI is InChI=1S/C25H40N4O3/c1-3-26-24(29-11-9-25(19-29)10-15-31-20-25)27-18-21-5-4-6-23(17-21)32-16-12-28(2)22-7-13-30-14-8-22/h4-6,17,22H,3,7-16,18-20H2,1-2H3,(H,26,27). The van der Waals surface area contributed by atoms with Gasteiger partial charge in [0.15, 0.2) is 5.96 Å². The summed E-state index contributed by atoms with van der Waals surface area (Å²) in [7, 11) is 2.19. The molecule has 0 saturated carbocycles. The smallest absolute Gasteiger partial charge is 0.194 e. The van der Waals surface area contributed by atoms with Gasteiger partial charge in [-0.05, 0) is 57.4 Å². The van der Waals surface area contributed by atoms with E-state index in [1.54, 1.807) is 0 Å². The second kappa shape index (κ2) is 11.3. The number of rotatable bonds is 8. The van der Waals surface area contributed by atoms with Crippen molar-refractivity contribution in [2.45, 2.75) is 45.2 Å². The Hall–Kier alpha value is -1.83. The maximum atomic E-state index is 6.06. The van der Waals surface area contributed by atoms with Crippen molar-refractivity contribution in [2.75, 3.05) is 66.3 Å². The molecular formula is C25H40N4O3. The molecule has 1 N–H and O–H groups in total. The summed E-state index contributed by atoms with van der Waals surface area (Å²) in [5.41, 5.74) is 1.51. The number of benzene rings is 1. The third-order valence-corrected chi connectivity index (χ3v) is 7.09. The van der Waals surface area contributed by atoms with E-state index < -0.39 is 0 Å². The van der Waals surface area contributed by atoms with E-state index in [1.165, 1.54) is 18.4 Å². The average molecular weight is 445 g/mol. The summed E-state index contributed by atoms with van der Waals surface area (Å²) < 4.78 is 17.2. The summed E-state index contributed by atoms with van der Waals surface area (Å²) in [6.45, 7) is 10.9. The molecule has 1 aromatic carbocycles. The Morgan fingerprint density at radius 3 is 2.91 bits per heavy atom. The van der Waals surface area contributed by atoms with Gasteiger partial charge in [-0.2, -0.15) is 0 Å². The molecular weight excluding hydrogens is 404 g/mol. The summed E-state index contributed by atoms with van der Waals surface area (Å²) in [6, 6.07) is 8.97. The number of guanidine groups is 1. The van der Waals surface area contributed by atoms with Gasteiger partial charge < -0.3 is 24.4 Å². The lowest BCUT2D eigenvalue weighted by Crippen LogP contribution is -2.41. The zero-order valence-corrected chi connectivity index (χ0v) is 19.9. The van der Waals surface area contributed by atoms with E-state index in [9.17, 15) is 0 Å². The molecule has 1 unspecified atom stereocenters. The highest BCUT2D eigenvalue weighted by molar-refractivity contribution is 5.80. The lowest BCUT2D eigenvalue weighted by molar-refractivity contribution is 0.0392. The molecule has 7 nitrogen and oxygen atoms in total. The van der Waals surface area contributed by atoms with Crippen molar-refractivity contribution >= 4 is 5.96 Å². The maximum absolute atomic E-state index is 6.06. The Labute approximate surface area is 193 Å². The molecule has 1 atom stereocenters. The van der Waals surface area contributed by atoms with E-state index in [1.807, 2.05) is 6.07 Å². The Kier molecular flexibility index (Phi) is 8.27. The lowest BCUT2D eigenvalue weighted by atomic mass is 9.87. The monoisotopic (exact) mass is 444 g/mol. The number of likely N-dealkylation sites (N-methyl/N-ethyl adjacent to an activating group) is 1. The molecule has 3 heterocycles. The topological polar surface area (TPSA) is 58.6 Å². The van der Waals surface area contributed by atoms with E-state index in [0.29, 0.717) is 24.6 Å². The minimum Gasteiger partial charge on any atom is -0.492 e. The first-order valence-corrected chi connectivity index (χ1v) is 12.3. The zero-order valence-electron chi connectivity index (χ0n) is 19.9. The number of aliphatic imine (C=N–C) groups is 1. The summed E-state index contributed by atoms with van der Waals surface area (Å²) in [4.78, 5) is 9.75. The van der Waals surface area contributed by atoms with E-state index in [4.69, 9.17) is 19.2 Å². The molecule has 0 bridgehead atoms. The fourth-order valence-corrected chi connectivity index (χ4v) is 5.03. The van der Waals surface area contributed by atoms with Crippen LogP contribution in [0.2, 0.25) is 0 Å². The van der Waals surface area contributed by atoms with Crippen LogP contribution in [0.1, 0.15) is 38.2 Å². The minimum atomic E-state index is 0.335. The highest BCUT2D eigenvalue weighted by Crippen LogP contribution is 2.38. The number of nitrogens with one attached hydrogen (secondary N) is 1. The fourth-order valence-electron chi connectivity index (χ4n) is 5.03. The van der Waals surface area contributed by atoms with Gasteiger partial charge in [0.1, 0.15) is 12.4 Å². The molecule has 178 valence electrons. The second-order valence-corrected chi connectivity index (χ2v) is 9.46.